The predicted octanol–water partition coefficient (Wildman–Crippen LogP) is 7.92. The van der Waals surface area contributed by atoms with Gasteiger partial charge < -0.3 is 5.11 Å². The van der Waals surface area contributed by atoms with Gasteiger partial charge in [0.15, 0.2) is 0 Å². The van der Waals surface area contributed by atoms with Crippen LogP contribution in [0.25, 0.3) is 54.7 Å². The van der Waals surface area contributed by atoms with E-state index in [1.165, 1.54) is 16.2 Å². The first-order valence-electron chi connectivity index (χ1n) is 10.9. The van der Waals surface area contributed by atoms with Crippen LogP contribution in [-0.4, -0.2) is 11.1 Å². The Morgan fingerprint density at radius 1 is 0.515 bits per heavy atom. The van der Waals surface area contributed by atoms with Crippen molar-refractivity contribution in [3.8, 4) is 0 Å². The second kappa shape index (κ2) is 7.61. The maximum Gasteiger partial charge on any atom is 0.336 e. The minimum Gasteiger partial charge on any atom is -0.478 e. The number of rotatable bonds is 3. The molecule has 0 saturated heterocycles. The molecule has 33 heavy (non-hydrogen) atoms. The summed E-state index contributed by atoms with van der Waals surface area (Å²) in [5, 5.41) is 19.1. The number of hydrogen-bond donors (Lipinski definition) is 1. The van der Waals surface area contributed by atoms with Crippen LogP contribution in [-0.2, 0) is 4.79 Å². The number of carbonyl (C=O) groups is 1. The number of carboxylic acid groups (broad SMARTS) is 1. The van der Waals surface area contributed by atoms with E-state index in [1.807, 2.05) is 48.5 Å². The van der Waals surface area contributed by atoms with Gasteiger partial charge in [-0.25, -0.2) is 4.79 Å². The molecule has 0 saturated carbocycles. The Hall–Kier alpha value is -4.43. The molecule has 6 rings (SSSR count). The molecule has 0 aliphatic heterocycles. The van der Waals surface area contributed by atoms with Gasteiger partial charge in [0.1, 0.15) is 0 Å². The Morgan fingerprint density at radius 2 is 0.970 bits per heavy atom. The Morgan fingerprint density at radius 3 is 1.52 bits per heavy atom. The molecule has 0 atom stereocenters. The molecule has 0 heterocycles. The highest BCUT2D eigenvalue weighted by molar-refractivity contribution is 6.21. The summed E-state index contributed by atoms with van der Waals surface area (Å²) in [6, 6.07) is 37.0. The molecule has 0 radical (unpaired) electrons. The third kappa shape index (κ3) is 3.52. The largest absolute Gasteiger partial charge is 0.478 e. The summed E-state index contributed by atoms with van der Waals surface area (Å²) in [4.78, 5) is 12.2. The topological polar surface area (TPSA) is 37.3 Å². The van der Waals surface area contributed by atoms with Gasteiger partial charge in [-0.2, -0.15) is 0 Å². The second-order valence-electron chi connectivity index (χ2n) is 8.43. The van der Waals surface area contributed by atoms with Gasteiger partial charge in [-0.1, -0.05) is 72.8 Å². The molecule has 1 N–H and O–H groups in total. The average Bonchev–Trinajstić information content (AvgIpc) is 2.84. The number of carboxylic acids is 1. The van der Waals surface area contributed by atoms with E-state index in [0.717, 1.165) is 32.5 Å². The maximum atomic E-state index is 12.2. The standard InChI is InChI=1S/C31H20O2/c32-31(33)30(27-12-11-26-16-22-6-2-4-8-24(22)18-29(26)19-27)14-20-9-10-25-15-21-5-1-3-7-23(21)17-28(25)13-20/h1-19H,(H,32,33). The molecule has 0 spiro atoms. The minimum absolute atomic E-state index is 0.283. The quantitative estimate of drug-likeness (QED) is 0.178. The zero-order chi connectivity index (χ0) is 22.4. The third-order valence-corrected chi connectivity index (χ3v) is 6.29. The van der Waals surface area contributed by atoms with Crippen LogP contribution >= 0.6 is 0 Å². The van der Waals surface area contributed by atoms with E-state index >= 15 is 0 Å². The molecule has 156 valence electrons. The van der Waals surface area contributed by atoms with Crippen molar-refractivity contribution in [2.24, 2.45) is 0 Å². The molecule has 0 aliphatic rings. The van der Waals surface area contributed by atoms with E-state index in [2.05, 4.69) is 60.7 Å². The number of hydrogen-bond acceptors (Lipinski definition) is 1. The summed E-state index contributed by atoms with van der Waals surface area (Å²) in [7, 11) is 0. The van der Waals surface area contributed by atoms with Crippen molar-refractivity contribution in [2.75, 3.05) is 0 Å². The summed E-state index contributed by atoms with van der Waals surface area (Å²) in [5.74, 6) is -0.936. The highest BCUT2D eigenvalue weighted by Crippen LogP contribution is 2.29. The van der Waals surface area contributed by atoms with E-state index in [-0.39, 0.29) is 5.57 Å². The van der Waals surface area contributed by atoms with E-state index in [4.69, 9.17) is 0 Å². The van der Waals surface area contributed by atoms with Crippen molar-refractivity contribution in [3.05, 3.63) is 120 Å². The van der Waals surface area contributed by atoms with Crippen LogP contribution in [0.1, 0.15) is 11.1 Å². The molecule has 0 amide bonds. The monoisotopic (exact) mass is 424 g/mol. The van der Waals surface area contributed by atoms with Gasteiger partial charge in [0.05, 0.1) is 5.57 Å². The summed E-state index contributed by atoms with van der Waals surface area (Å²) < 4.78 is 0. The van der Waals surface area contributed by atoms with Crippen molar-refractivity contribution in [2.45, 2.75) is 0 Å². The summed E-state index contributed by atoms with van der Waals surface area (Å²) in [6.45, 7) is 0. The van der Waals surface area contributed by atoms with Crippen molar-refractivity contribution in [3.63, 3.8) is 0 Å². The van der Waals surface area contributed by atoms with Gasteiger partial charge in [0.2, 0.25) is 0 Å². The van der Waals surface area contributed by atoms with E-state index in [9.17, 15) is 9.90 Å². The first kappa shape index (κ1) is 19.3. The Bertz CT molecular complexity index is 1740. The van der Waals surface area contributed by atoms with Crippen molar-refractivity contribution in [1.29, 1.82) is 0 Å². The van der Waals surface area contributed by atoms with Crippen LogP contribution in [0.3, 0.4) is 0 Å². The van der Waals surface area contributed by atoms with Gasteiger partial charge >= 0.3 is 5.97 Å². The second-order valence-corrected chi connectivity index (χ2v) is 8.43. The molecule has 6 aromatic rings. The lowest BCUT2D eigenvalue weighted by Crippen LogP contribution is -1.99. The number of fused-ring (bicyclic) bond motifs is 4. The first-order valence-corrected chi connectivity index (χ1v) is 10.9. The van der Waals surface area contributed by atoms with Crippen molar-refractivity contribution in [1.82, 2.24) is 0 Å². The molecule has 0 unspecified atom stereocenters. The van der Waals surface area contributed by atoms with Crippen LogP contribution in [0.5, 0.6) is 0 Å². The van der Waals surface area contributed by atoms with Crippen LogP contribution in [0.15, 0.2) is 109 Å². The Kier molecular flexibility index (Phi) is 4.44. The summed E-state index contributed by atoms with van der Waals surface area (Å²) >= 11 is 0. The van der Waals surface area contributed by atoms with Gasteiger partial charge in [0.25, 0.3) is 0 Å². The van der Waals surface area contributed by atoms with Crippen molar-refractivity contribution < 1.29 is 9.90 Å². The molecule has 0 bridgehead atoms. The normalized spacial score (nSPS) is 12.1. The highest BCUT2D eigenvalue weighted by atomic mass is 16.4. The fourth-order valence-corrected chi connectivity index (χ4v) is 4.59. The molecule has 6 aromatic carbocycles. The van der Waals surface area contributed by atoms with Crippen molar-refractivity contribution >= 4 is 60.7 Å². The maximum absolute atomic E-state index is 12.2. The predicted molar refractivity (Wildman–Crippen MR) is 138 cm³/mol. The third-order valence-electron chi connectivity index (χ3n) is 6.29. The summed E-state index contributed by atoms with van der Waals surface area (Å²) in [6.07, 6.45) is 1.76. The molecular formula is C31H20O2. The van der Waals surface area contributed by atoms with Crippen LogP contribution in [0.4, 0.5) is 0 Å². The highest BCUT2D eigenvalue weighted by Gasteiger charge is 2.12. The zero-order valence-electron chi connectivity index (χ0n) is 17.8. The summed E-state index contributed by atoms with van der Waals surface area (Å²) in [5.41, 5.74) is 1.85. The first-order chi connectivity index (χ1) is 16.1. The van der Waals surface area contributed by atoms with Gasteiger partial charge in [-0.3, -0.25) is 0 Å². The smallest absolute Gasteiger partial charge is 0.336 e. The number of benzene rings is 6. The molecular weight excluding hydrogens is 404 g/mol. The van der Waals surface area contributed by atoms with Crippen LogP contribution in [0, 0.1) is 0 Å². The Labute approximate surface area is 191 Å². The lowest BCUT2D eigenvalue weighted by Gasteiger charge is -2.08. The average molecular weight is 424 g/mol. The molecule has 2 nitrogen and oxygen atoms in total. The molecule has 0 aliphatic carbocycles. The van der Waals surface area contributed by atoms with Gasteiger partial charge in [0, 0.05) is 0 Å². The fraction of sp³-hybridized carbons (Fsp3) is 0. The van der Waals surface area contributed by atoms with Crippen LogP contribution < -0.4 is 0 Å². The SMILES string of the molecule is O=C(O)C(=Cc1ccc2cc3ccccc3cc2c1)c1ccc2cc3ccccc3cc2c1. The lowest BCUT2D eigenvalue weighted by molar-refractivity contribution is -0.130. The minimum atomic E-state index is -0.936. The van der Waals surface area contributed by atoms with Crippen LogP contribution in [0.2, 0.25) is 0 Å². The molecule has 0 fully saturated rings. The number of aliphatic carboxylic acids is 1. The Balaban J connectivity index is 1.47. The fourth-order valence-electron chi connectivity index (χ4n) is 4.59. The van der Waals surface area contributed by atoms with Gasteiger partial charge in [-0.15, -0.1) is 0 Å². The molecule has 0 aromatic heterocycles. The zero-order valence-corrected chi connectivity index (χ0v) is 17.8. The van der Waals surface area contributed by atoms with E-state index < -0.39 is 5.97 Å². The van der Waals surface area contributed by atoms with E-state index in [1.54, 1.807) is 6.08 Å². The molecule has 2 heteroatoms. The van der Waals surface area contributed by atoms with Gasteiger partial charge in [-0.05, 0) is 96.7 Å². The lowest BCUT2D eigenvalue weighted by atomic mass is 9.96. The van der Waals surface area contributed by atoms with E-state index in [0.29, 0.717) is 5.56 Å².